The molecule has 0 N–H and O–H groups in total. The maximum Gasteiger partial charge on any atom is 0.164 e. The van der Waals surface area contributed by atoms with E-state index in [9.17, 15) is 0 Å². The maximum atomic E-state index is 6.17. The zero-order valence-corrected chi connectivity index (χ0v) is 10.5. The lowest BCUT2D eigenvalue weighted by Gasteiger charge is -2.40. The third-order valence-corrected chi connectivity index (χ3v) is 3.74. The van der Waals surface area contributed by atoms with Gasteiger partial charge in [0.15, 0.2) is 5.79 Å². The van der Waals surface area contributed by atoms with E-state index in [2.05, 4.69) is 26.8 Å². The molecule has 1 atom stereocenters. The molecule has 1 saturated heterocycles. The van der Waals surface area contributed by atoms with Crippen LogP contribution < -0.4 is 0 Å². The van der Waals surface area contributed by atoms with Gasteiger partial charge in [-0.15, -0.1) is 0 Å². The highest BCUT2D eigenvalue weighted by molar-refractivity contribution is 5.15. The third-order valence-electron chi connectivity index (χ3n) is 3.74. The van der Waals surface area contributed by atoms with Gasteiger partial charge in [0.1, 0.15) is 5.60 Å². The number of hydrogen-bond acceptors (Lipinski definition) is 2. The second-order valence-corrected chi connectivity index (χ2v) is 5.86. The van der Waals surface area contributed by atoms with Gasteiger partial charge >= 0.3 is 0 Å². The Kier molecular flexibility index (Phi) is 2.29. The van der Waals surface area contributed by atoms with Crippen LogP contribution in [0, 0.1) is 0 Å². The molecule has 0 bridgehead atoms. The summed E-state index contributed by atoms with van der Waals surface area (Å²) in [5.41, 5.74) is 1.17. The lowest BCUT2D eigenvalue weighted by Crippen LogP contribution is -2.48. The molecule has 1 spiro atoms. The summed E-state index contributed by atoms with van der Waals surface area (Å²) in [6.07, 6.45) is 5.49. The summed E-state index contributed by atoms with van der Waals surface area (Å²) < 4.78 is 12.2. The number of hydrogen-bond donors (Lipinski definition) is 0. The molecule has 86 valence electrons. The minimum Gasteiger partial charge on any atom is -0.342 e. The summed E-state index contributed by atoms with van der Waals surface area (Å²) in [4.78, 5) is 0. The van der Waals surface area contributed by atoms with Crippen LogP contribution in [0.25, 0.3) is 0 Å². The molecule has 0 saturated carbocycles. The standard InChI is InChI=1S/C13H22O2/c1-10-6-8-13(9-7-10)11(2,3)14-12(4,5)15-13/h6H,7-9H2,1-5H3. The summed E-state index contributed by atoms with van der Waals surface area (Å²) >= 11 is 0. The van der Waals surface area contributed by atoms with Gasteiger partial charge in [-0.05, 0) is 53.9 Å². The summed E-state index contributed by atoms with van der Waals surface area (Å²) in [5, 5.41) is 0. The molecule has 2 rings (SSSR count). The van der Waals surface area contributed by atoms with Crippen LogP contribution in [-0.2, 0) is 9.47 Å². The van der Waals surface area contributed by atoms with Gasteiger partial charge in [0.25, 0.3) is 0 Å². The van der Waals surface area contributed by atoms with Crippen molar-refractivity contribution in [2.24, 2.45) is 0 Å². The molecule has 1 aliphatic carbocycles. The molecule has 2 aliphatic rings. The number of rotatable bonds is 0. The van der Waals surface area contributed by atoms with E-state index in [4.69, 9.17) is 9.47 Å². The van der Waals surface area contributed by atoms with E-state index in [1.807, 2.05) is 13.8 Å². The van der Waals surface area contributed by atoms with Crippen LogP contribution in [0.1, 0.15) is 53.9 Å². The smallest absolute Gasteiger partial charge is 0.164 e. The normalized spacial score (nSPS) is 38.1. The van der Waals surface area contributed by atoms with E-state index in [1.54, 1.807) is 0 Å². The first-order chi connectivity index (χ1) is 6.77. The van der Waals surface area contributed by atoms with Crippen LogP contribution in [0.2, 0.25) is 0 Å². The van der Waals surface area contributed by atoms with E-state index in [-0.39, 0.29) is 11.2 Å². The monoisotopic (exact) mass is 210 g/mol. The molecule has 1 aliphatic heterocycles. The van der Waals surface area contributed by atoms with Gasteiger partial charge in [0.2, 0.25) is 0 Å². The molecule has 0 amide bonds. The van der Waals surface area contributed by atoms with Crippen molar-refractivity contribution < 1.29 is 9.47 Å². The van der Waals surface area contributed by atoms with E-state index >= 15 is 0 Å². The highest BCUT2D eigenvalue weighted by atomic mass is 16.8. The molecule has 1 heterocycles. The Labute approximate surface area is 92.6 Å². The van der Waals surface area contributed by atoms with Crippen molar-refractivity contribution in [1.29, 1.82) is 0 Å². The Morgan fingerprint density at radius 2 is 1.80 bits per heavy atom. The number of allylic oxidation sites excluding steroid dienone is 1. The van der Waals surface area contributed by atoms with Crippen molar-refractivity contribution in [3.05, 3.63) is 11.6 Å². The van der Waals surface area contributed by atoms with Crippen molar-refractivity contribution in [2.45, 2.75) is 70.9 Å². The molecule has 15 heavy (non-hydrogen) atoms. The lowest BCUT2D eigenvalue weighted by atomic mass is 9.75. The van der Waals surface area contributed by atoms with Gasteiger partial charge < -0.3 is 9.47 Å². The minimum atomic E-state index is -0.442. The summed E-state index contributed by atoms with van der Waals surface area (Å²) in [7, 11) is 0. The summed E-state index contributed by atoms with van der Waals surface area (Å²) in [6.45, 7) is 10.5. The zero-order valence-electron chi connectivity index (χ0n) is 10.5. The zero-order chi connectivity index (χ0) is 11.3. The Hall–Kier alpha value is -0.340. The van der Waals surface area contributed by atoms with Gasteiger partial charge in [0, 0.05) is 0 Å². The first kappa shape index (κ1) is 11.2. The Morgan fingerprint density at radius 1 is 1.13 bits per heavy atom. The van der Waals surface area contributed by atoms with Crippen LogP contribution in [0.4, 0.5) is 0 Å². The molecule has 0 aromatic heterocycles. The van der Waals surface area contributed by atoms with Crippen molar-refractivity contribution >= 4 is 0 Å². The van der Waals surface area contributed by atoms with E-state index in [0.29, 0.717) is 0 Å². The van der Waals surface area contributed by atoms with Gasteiger partial charge in [-0.25, -0.2) is 0 Å². The largest absolute Gasteiger partial charge is 0.342 e. The van der Waals surface area contributed by atoms with Crippen molar-refractivity contribution in [1.82, 2.24) is 0 Å². The summed E-state index contributed by atoms with van der Waals surface area (Å²) in [6, 6.07) is 0. The highest BCUT2D eigenvalue weighted by Gasteiger charge is 2.58. The van der Waals surface area contributed by atoms with Crippen LogP contribution in [0.3, 0.4) is 0 Å². The second-order valence-electron chi connectivity index (χ2n) is 5.86. The lowest BCUT2D eigenvalue weighted by molar-refractivity contribution is -0.168. The summed E-state index contributed by atoms with van der Waals surface area (Å²) in [5.74, 6) is -0.442. The van der Waals surface area contributed by atoms with Crippen molar-refractivity contribution in [3.63, 3.8) is 0 Å². The van der Waals surface area contributed by atoms with Gasteiger partial charge in [-0.2, -0.15) is 0 Å². The minimum absolute atomic E-state index is 0.115. The van der Waals surface area contributed by atoms with E-state index < -0.39 is 5.79 Å². The van der Waals surface area contributed by atoms with Crippen LogP contribution in [-0.4, -0.2) is 17.0 Å². The molecule has 2 heteroatoms. The van der Waals surface area contributed by atoms with Gasteiger partial charge in [-0.3, -0.25) is 0 Å². The molecule has 0 aromatic carbocycles. The molecule has 2 nitrogen and oxygen atoms in total. The fourth-order valence-electron chi connectivity index (χ4n) is 2.90. The first-order valence-corrected chi connectivity index (χ1v) is 5.82. The quantitative estimate of drug-likeness (QED) is 0.570. The molecule has 1 fully saturated rings. The average Bonchev–Trinajstić information content (AvgIpc) is 2.23. The molecular formula is C13H22O2. The predicted octanol–water partition coefficient (Wildman–Crippen LogP) is 3.42. The molecule has 0 radical (unpaired) electrons. The topological polar surface area (TPSA) is 18.5 Å². The first-order valence-electron chi connectivity index (χ1n) is 5.82. The fourth-order valence-corrected chi connectivity index (χ4v) is 2.90. The van der Waals surface area contributed by atoms with Crippen LogP contribution in [0.15, 0.2) is 11.6 Å². The predicted molar refractivity (Wildman–Crippen MR) is 60.7 cm³/mol. The molecule has 1 unspecified atom stereocenters. The third kappa shape index (κ3) is 1.74. The van der Waals surface area contributed by atoms with Gasteiger partial charge in [0.05, 0.1) is 5.60 Å². The van der Waals surface area contributed by atoms with E-state index in [1.165, 1.54) is 5.57 Å². The maximum absolute atomic E-state index is 6.17. The second kappa shape index (κ2) is 3.08. The van der Waals surface area contributed by atoms with Crippen LogP contribution in [0.5, 0.6) is 0 Å². The molecular weight excluding hydrogens is 188 g/mol. The van der Waals surface area contributed by atoms with Gasteiger partial charge in [-0.1, -0.05) is 11.6 Å². The van der Waals surface area contributed by atoms with E-state index in [0.717, 1.165) is 19.3 Å². The Bertz CT molecular complexity index is 302. The van der Waals surface area contributed by atoms with Crippen molar-refractivity contribution in [2.75, 3.05) is 0 Å². The number of ether oxygens (including phenoxy) is 2. The SMILES string of the molecule is CC1=CCC2(CC1)OC(C)(C)OC2(C)C. The average molecular weight is 210 g/mol. The highest BCUT2D eigenvalue weighted by Crippen LogP contribution is 2.50. The Balaban J connectivity index is 2.29. The Morgan fingerprint density at radius 3 is 2.20 bits per heavy atom. The van der Waals surface area contributed by atoms with Crippen LogP contribution >= 0.6 is 0 Å². The fraction of sp³-hybridized carbons (Fsp3) is 0.846. The van der Waals surface area contributed by atoms with Crippen molar-refractivity contribution in [3.8, 4) is 0 Å². The molecule has 0 aromatic rings.